The van der Waals surface area contributed by atoms with Crippen LogP contribution in [0.5, 0.6) is 0 Å². The maximum Gasteiger partial charge on any atom is 0.340 e. The average molecular weight is 375 g/mol. The molecule has 0 bridgehead atoms. The van der Waals surface area contributed by atoms with Crippen LogP contribution in [0, 0.1) is 0 Å². The monoisotopic (exact) mass is 375 g/mol. The molecular weight excluding hydrogens is 350 g/mol. The van der Waals surface area contributed by atoms with Gasteiger partial charge in [-0.25, -0.2) is 4.79 Å². The maximum atomic E-state index is 12.7. The number of benzene rings is 1. The number of hydrogen-bond donors (Lipinski definition) is 0. The van der Waals surface area contributed by atoms with Gasteiger partial charge in [0.2, 0.25) is 17.7 Å². The van der Waals surface area contributed by atoms with Crippen molar-refractivity contribution in [1.29, 1.82) is 0 Å². The number of piperazine rings is 1. The highest BCUT2D eigenvalue weighted by atomic mass is 16.5. The minimum atomic E-state index is -0.540. The van der Waals surface area contributed by atoms with Gasteiger partial charge in [0.15, 0.2) is 0 Å². The summed E-state index contributed by atoms with van der Waals surface area (Å²) in [7, 11) is 0. The van der Waals surface area contributed by atoms with E-state index in [1.807, 2.05) is 0 Å². The lowest BCUT2D eigenvalue weighted by Gasteiger charge is -2.35. The number of carbonyl (C=O) groups is 4. The highest BCUT2D eigenvalue weighted by Crippen LogP contribution is 2.22. The van der Waals surface area contributed by atoms with Crippen LogP contribution >= 0.6 is 0 Å². The summed E-state index contributed by atoms with van der Waals surface area (Å²) in [5.74, 6) is -1.13. The number of esters is 1. The van der Waals surface area contributed by atoms with Gasteiger partial charge >= 0.3 is 5.97 Å². The number of para-hydroxylation sites is 1. The van der Waals surface area contributed by atoms with E-state index in [-0.39, 0.29) is 36.4 Å². The molecule has 0 aliphatic carbocycles. The molecule has 0 radical (unpaired) electrons. The van der Waals surface area contributed by atoms with Crippen molar-refractivity contribution in [1.82, 2.24) is 9.80 Å². The summed E-state index contributed by atoms with van der Waals surface area (Å²) >= 11 is 0. The number of rotatable bonds is 5. The molecule has 0 aromatic heterocycles. The van der Waals surface area contributed by atoms with Gasteiger partial charge in [0, 0.05) is 40.0 Å². The molecular formula is C19H25N3O5. The maximum absolute atomic E-state index is 12.7. The first-order valence-electron chi connectivity index (χ1n) is 8.92. The zero-order chi connectivity index (χ0) is 20.0. The normalized spacial score (nSPS) is 13.9. The van der Waals surface area contributed by atoms with Crippen molar-refractivity contribution in [3.8, 4) is 0 Å². The summed E-state index contributed by atoms with van der Waals surface area (Å²) in [6.45, 7) is 6.38. The van der Waals surface area contributed by atoms with Gasteiger partial charge in [0.05, 0.1) is 17.9 Å². The third-order valence-corrected chi connectivity index (χ3v) is 4.44. The Morgan fingerprint density at radius 3 is 2.15 bits per heavy atom. The van der Waals surface area contributed by atoms with Crippen molar-refractivity contribution in [2.75, 3.05) is 44.2 Å². The lowest BCUT2D eigenvalue weighted by molar-refractivity contribution is -0.137. The Hall–Kier alpha value is -2.90. The quantitative estimate of drug-likeness (QED) is 0.714. The second kappa shape index (κ2) is 9.16. The van der Waals surface area contributed by atoms with Crippen LogP contribution in [0.25, 0.3) is 0 Å². The Kier molecular flexibility index (Phi) is 6.92. The van der Waals surface area contributed by atoms with E-state index in [4.69, 9.17) is 4.74 Å². The van der Waals surface area contributed by atoms with E-state index in [9.17, 15) is 19.2 Å². The van der Waals surface area contributed by atoms with Crippen LogP contribution in [0.4, 0.5) is 5.69 Å². The van der Waals surface area contributed by atoms with Crippen LogP contribution in [0.15, 0.2) is 24.3 Å². The highest BCUT2D eigenvalue weighted by Gasteiger charge is 2.27. The van der Waals surface area contributed by atoms with Crippen LogP contribution < -0.4 is 4.90 Å². The molecule has 0 atom stereocenters. The molecule has 1 aromatic carbocycles. The number of hydrogen-bond acceptors (Lipinski definition) is 5. The zero-order valence-electron chi connectivity index (χ0n) is 15.9. The molecule has 1 aliphatic rings. The summed E-state index contributed by atoms with van der Waals surface area (Å²) < 4.78 is 5.04. The van der Waals surface area contributed by atoms with Crippen molar-refractivity contribution in [3.63, 3.8) is 0 Å². The molecule has 1 aliphatic heterocycles. The largest absolute Gasteiger partial charge is 0.462 e. The fraction of sp³-hybridized carbons (Fsp3) is 0.474. The van der Waals surface area contributed by atoms with E-state index in [2.05, 4.69) is 0 Å². The summed E-state index contributed by atoms with van der Waals surface area (Å²) in [5, 5.41) is 0. The molecule has 8 nitrogen and oxygen atoms in total. The van der Waals surface area contributed by atoms with Crippen molar-refractivity contribution in [2.24, 2.45) is 0 Å². The van der Waals surface area contributed by atoms with Gasteiger partial charge in [-0.05, 0) is 19.1 Å². The van der Waals surface area contributed by atoms with E-state index in [0.29, 0.717) is 31.9 Å². The van der Waals surface area contributed by atoms with Crippen molar-refractivity contribution >= 4 is 29.4 Å². The molecule has 0 N–H and O–H groups in total. The van der Waals surface area contributed by atoms with Gasteiger partial charge in [0.1, 0.15) is 6.54 Å². The first-order valence-corrected chi connectivity index (χ1v) is 8.92. The highest BCUT2D eigenvalue weighted by molar-refractivity contribution is 6.04. The molecule has 1 fully saturated rings. The zero-order valence-corrected chi connectivity index (χ0v) is 15.9. The van der Waals surface area contributed by atoms with Gasteiger partial charge < -0.3 is 19.4 Å². The van der Waals surface area contributed by atoms with Gasteiger partial charge in [-0.2, -0.15) is 0 Å². The number of anilines is 1. The third-order valence-electron chi connectivity index (χ3n) is 4.44. The van der Waals surface area contributed by atoms with Crippen LogP contribution in [0.3, 0.4) is 0 Å². The molecule has 2 rings (SSSR count). The third kappa shape index (κ3) is 5.06. The molecule has 0 saturated carbocycles. The molecule has 27 heavy (non-hydrogen) atoms. The first-order chi connectivity index (χ1) is 12.8. The number of amides is 3. The summed E-state index contributed by atoms with van der Waals surface area (Å²) in [4.78, 5) is 53.1. The van der Waals surface area contributed by atoms with E-state index in [0.717, 1.165) is 0 Å². The Labute approximate surface area is 158 Å². The Morgan fingerprint density at radius 1 is 1.00 bits per heavy atom. The van der Waals surface area contributed by atoms with Crippen molar-refractivity contribution in [3.05, 3.63) is 29.8 Å². The fourth-order valence-electron chi connectivity index (χ4n) is 2.96. The van der Waals surface area contributed by atoms with Gasteiger partial charge in [-0.1, -0.05) is 12.1 Å². The van der Waals surface area contributed by atoms with E-state index in [1.165, 1.54) is 18.7 Å². The first kappa shape index (κ1) is 20.4. The molecule has 1 saturated heterocycles. The molecule has 0 spiro atoms. The second-order valence-electron chi connectivity index (χ2n) is 6.23. The summed E-state index contributed by atoms with van der Waals surface area (Å²) in [5.41, 5.74) is 0.586. The number of carbonyl (C=O) groups excluding carboxylic acids is 4. The number of nitrogens with zero attached hydrogens (tertiary/aromatic N) is 3. The topological polar surface area (TPSA) is 87.2 Å². The van der Waals surface area contributed by atoms with Crippen molar-refractivity contribution in [2.45, 2.75) is 20.8 Å². The standard InChI is InChI=1S/C19H25N3O5/c1-4-27-19(26)16-7-5-6-8-17(16)22(15(3)24)13-18(25)21-11-9-20(10-12-21)14(2)23/h5-8H,4,9-13H2,1-3H3. The van der Waals surface area contributed by atoms with E-state index >= 15 is 0 Å². The smallest absolute Gasteiger partial charge is 0.340 e. The second-order valence-corrected chi connectivity index (χ2v) is 6.23. The van der Waals surface area contributed by atoms with Crippen LogP contribution in [0.2, 0.25) is 0 Å². The van der Waals surface area contributed by atoms with Crippen LogP contribution in [-0.2, 0) is 19.1 Å². The predicted molar refractivity (Wildman–Crippen MR) is 99.3 cm³/mol. The Morgan fingerprint density at radius 2 is 1.59 bits per heavy atom. The van der Waals surface area contributed by atoms with Crippen molar-refractivity contribution < 1.29 is 23.9 Å². The molecule has 1 heterocycles. The van der Waals surface area contributed by atoms with E-state index in [1.54, 1.807) is 41.0 Å². The van der Waals surface area contributed by atoms with Gasteiger partial charge in [0.25, 0.3) is 0 Å². The molecule has 8 heteroatoms. The SMILES string of the molecule is CCOC(=O)c1ccccc1N(CC(=O)N1CCN(C(C)=O)CC1)C(C)=O. The Balaban J connectivity index is 2.15. The average Bonchev–Trinajstić information content (AvgIpc) is 2.66. The molecule has 146 valence electrons. The predicted octanol–water partition coefficient (Wildman–Crippen LogP) is 0.907. The van der Waals surface area contributed by atoms with Crippen LogP contribution in [0.1, 0.15) is 31.1 Å². The lowest BCUT2D eigenvalue weighted by atomic mass is 10.1. The van der Waals surface area contributed by atoms with Gasteiger partial charge in [-0.15, -0.1) is 0 Å². The summed E-state index contributed by atoms with van der Waals surface area (Å²) in [6, 6.07) is 6.56. The molecule has 3 amide bonds. The van der Waals surface area contributed by atoms with Gasteiger partial charge in [-0.3, -0.25) is 14.4 Å². The minimum Gasteiger partial charge on any atom is -0.462 e. The van der Waals surface area contributed by atoms with E-state index < -0.39 is 5.97 Å². The molecule has 1 aromatic rings. The van der Waals surface area contributed by atoms with Crippen LogP contribution in [-0.4, -0.2) is 72.8 Å². The fourth-order valence-corrected chi connectivity index (χ4v) is 2.96. The Bertz CT molecular complexity index is 726. The lowest BCUT2D eigenvalue weighted by Crippen LogP contribution is -2.52. The summed E-state index contributed by atoms with van der Waals surface area (Å²) in [6.07, 6.45) is 0. The molecule has 0 unspecified atom stereocenters. The number of ether oxygens (including phenoxy) is 1. The minimum absolute atomic E-state index is 0.0178.